The van der Waals surface area contributed by atoms with Gasteiger partial charge in [-0.15, -0.1) is 0 Å². The van der Waals surface area contributed by atoms with Crippen LogP contribution in [0.3, 0.4) is 0 Å². The van der Waals surface area contributed by atoms with Crippen LogP contribution >= 0.6 is 0 Å². The highest BCUT2D eigenvalue weighted by Crippen LogP contribution is 2.29. The molecule has 0 aliphatic carbocycles. The third-order valence-corrected chi connectivity index (χ3v) is 8.95. The van der Waals surface area contributed by atoms with Crippen LogP contribution < -0.4 is 14.5 Å². The smallest absolute Gasteiger partial charge is 0.322 e. The van der Waals surface area contributed by atoms with Gasteiger partial charge in [-0.25, -0.2) is 18.7 Å². The van der Waals surface area contributed by atoms with Gasteiger partial charge >= 0.3 is 6.47 Å². The maximum Gasteiger partial charge on any atom is 0.322 e. The van der Waals surface area contributed by atoms with Crippen LogP contribution in [0.5, 0.6) is 5.75 Å². The van der Waals surface area contributed by atoms with Gasteiger partial charge in [-0.05, 0) is 106 Å². The fourth-order valence-electron chi connectivity index (χ4n) is 4.88. The summed E-state index contributed by atoms with van der Waals surface area (Å²) in [5.41, 5.74) is 1.98. The van der Waals surface area contributed by atoms with E-state index in [-0.39, 0.29) is 16.6 Å². The Morgan fingerprint density at radius 2 is 1.73 bits per heavy atom. The zero-order chi connectivity index (χ0) is 31.1. The van der Waals surface area contributed by atoms with E-state index in [1.54, 1.807) is 6.07 Å². The van der Waals surface area contributed by atoms with E-state index < -0.39 is 26.6 Å². The van der Waals surface area contributed by atoms with Crippen molar-refractivity contribution < 1.29 is 31.6 Å². The van der Waals surface area contributed by atoms with E-state index in [2.05, 4.69) is 32.1 Å². The summed E-state index contributed by atoms with van der Waals surface area (Å²) in [6, 6.07) is 17.1. The van der Waals surface area contributed by atoms with Crippen molar-refractivity contribution in [3.05, 3.63) is 90.8 Å². The number of piperidine rings is 1. The molecule has 0 unspecified atom stereocenters. The molecule has 1 aromatic heterocycles. The normalized spacial score (nSPS) is 14.2. The van der Waals surface area contributed by atoms with Crippen molar-refractivity contribution in [2.45, 2.75) is 24.2 Å². The zero-order valence-corrected chi connectivity index (χ0v) is 24.7. The van der Waals surface area contributed by atoms with Gasteiger partial charge in [0.15, 0.2) is 0 Å². The Balaban J connectivity index is 1.22. The number of sulfonamides is 1. The molecule has 1 fully saturated rings. The predicted molar refractivity (Wildman–Crippen MR) is 161 cm³/mol. The molecule has 1 aliphatic rings. The number of anilines is 3. The van der Waals surface area contributed by atoms with Crippen molar-refractivity contribution in [2.75, 3.05) is 36.5 Å². The summed E-state index contributed by atoms with van der Waals surface area (Å²) in [4.78, 5) is 25.9. The summed E-state index contributed by atoms with van der Waals surface area (Å²) >= 11 is 0. The number of carbonyl (C=O) groups excluding carboxylic acids is 1. The Kier molecular flexibility index (Phi) is 9.65. The highest BCUT2D eigenvalue weighted by Gasteiger charge is 2.30. The van der Waals surface area contributed by atoms with Crippen molar-refractivity contribution in [3.8, 4) is 17.0 Å². The second-order valence-corrected chi connectivity index (χ2v) is 12.1. The third kappa shape index (κ3) is 7.47. The van der Waals surface area contributed by atoms with Crippen LogP contribution in [0.15, 0.2) is 84.0 Å². The van der Waals surface area contributed by atoms with Gasteiger partial charge in [-0.1, -0.05) is 4.47 Å². The lowest BCUT2D eigenvalue weighted by atomic mass is 9.94. The van der Waals surface area contributed by atoms with Crippen LogP contribution in [0.25, 0.3) is 11.3 Å². The van der Waals surface area contributed by atoms with Crippen LogP contribution in [-0.4, -0.2) is 56.5 Å². The number of hydrogen-bond donors (Lipinski definition) is 1. The first-order valence-corrected chi connectivity index (χ1v) is 15.4. The maximum atomic E-state index is 14.2. The number of ether oxygens (including phenoxy) is 1. The van der Waals surface area contributed by atoms with E-state index in [4.69, 9.17) is 4.74 Å². The standard InChI is InChI=1S/C31H31F2N5O5S/c1-37-15-12-22(13-16-37)14-17-42-27-9-2-23(3-10-27)29-19-31(35-20-34-29)36-25-5-7-26(8-6-25)38(43-21-39)44(40,41)30-11-4-24(32)18-28(30)33/h2-11,18-22H,12-17H2,1H3,(H,34,35,36). The Hall–Kier alpha value is -4.62. The number of nitrogens with zero attached hydrogens (tertiary/aromatic N) is 4. The summed E-state index contributed by atoms with van der Waals surface area (Å²) < 4.78 is 59.8. The molecule has 0 spiro atoms. The molecule has 1 aliphatic heterocycles. The molecule has 0 saturated carbocycles. The van der Waals surface area contributed by atoms with Crippen molar-refractivity contribution in [3.63, 3.8) is 0 Å². The van der Waals surface area contributed by atoms with Crippen LogP contribution in [-0.2, 0) is 19.7 Å². The van der Waals surface area contributed by atoms with Gasteiger partial charge in [0.05, 0.1) is 18.0 Å². The molecule has 5 rings (SSSR count). The fourth-order valence-corrected chi connectivity index (χ4v) is 6.15. The molecule has 4 aromatic rings. The summed E-state index contributed by atoms with van der Waals surface area (Å²) in [6.45, 7) is 2.85. The molecule has 1 N–H and O–H groups in total. The van der Waals surface area contributed by atoms with E-state index in [9.17, 15) is 22.0 Å². The minimum Gasteiger partial charge on any atom is -0.494 e. The van der Waals surface area contributed by atoms with Crippen LogP contribution in [0.1, 0.15) is 19.3 Å². The lowest BCUT2D eigenvalue weighted by Gasteiger charge is -2.28. The summed E-state index contributed by atoms with van der Waals surface area (Å²) in [5, 5.41) is 3.11. The van der Waals surface area contributed by atoms with Gasteiger partial charge in [0, 0.05) is 23.4 Å². The number of hydrogen-bond acceptors (Lipinski definition) is 9. The average Bonchev–Trinajstić information content (AvgIpc) is 3.01. The Morgan fingerprint density at radius 1 is 1.00 bits per heavy atom. The molecular weight excluding hydrogens is 592 g/mol. The number of carbonyl (C=O) groups is 1. The second kappa shape index (κ2) is 13.8. The molecule has 0 atom stereocenters. The van der Waals surface area contributed by atoms with Crippen LogP contribution in [0.4, 0.5) is 26.0 Å². The van der Waals surface area contributed by atoms with E-state index in [1.165, 1.54) is 43.4 Å². The minimum atomic E-state index is -4.70. The van der Waals surface area contributed by atoms with E-state index >= 15 is 0 Å². The number of rotatable bonds is 12. The molecular formula is C31H31F2N5O5S. The van der Waals surface area contributed by atoms with Gasteiger partial charge in [0.25, 0.3) is 10.0 Å². The molecule has 0 radical (unpaired) electrons. The lowest BCUT2D eigenvalue weighted by molar-refractivity contribution is -0.128. The van der Waals surface area contributed by atoms with Gasteiger partial charge in [0.2, 0.25) is 0 Å². The van der Waals surface area contributed by atoms with Gasteiger partial charge in [-0.3, -0.25) is 4.79 Å². The highest BCUT2D eigenvalue weighted by atomic mass is 32.2. The molecule has 0 amide bonds. The van der Waals surface area contributed by atoms with Crippen molar-refractivity contribution >= 4 is 33.7 Å². The molecule has 44 heavy (non-hydrogen) atoms. The average molecular weight is 624 g/mol. The Labute approximate surface area is 254 Å². The number of benzene rings is 3. The molecule has 230 valence electrons. The predicted octanol–water partition coefficient (Wildman–Crippen LogP) is 5.56. The topological polar surface area (TPSA) is 114 Å². The SMILES string of the molecule is CN1CCC(CCOc2ccc(-c3cc(Nc4ccc(N(OC=O)S(=O)(=O)c5ccc(F)cc5F)cc4)ncn3)cc2)CC1. The largest absolute Gasteiger partial charge is 0.494 e. The van der Waals surface area contributed by atoms with Crippen LogP contribution in [0, 0.1) is 17.6 Å². The van der Waals surface area contributed by atoms with E-state index in [0.29, 0.717) is 35.8 Å². The number of likely N-dealkylation sites (tertiary alicyclic amines) is 1. The van der Waals surface area contributed by atoms with Crippen molar-refractivity contribution in [1.29, 1.82) is 0 Å². The van der Waals surface area contributed by atoms with Gasteiger partial charge in [-0.2, -0.15) is 8.42 Å². The molecule has 13 heteroatoms. The second-order valence-electron chi connectivity index (χ2n) is 10.4. The first-order valence-electron chi connectivity index (χ1n) is 13.9. The summed E-state index contributed by atoms with van der Waals surface area (Å²) in [6.07, 6.45) is 4.88. The van der Waals surface area contributed by atoms with E-state index in [1.807, 2.05) is 24.3 Å². The molecule has 3 aromatic carbocycles. The van der Waals surface area contributed by atoms with E-state index in [0.717, 1.165) is 43.0 Å². The number of halogens is 2. The van der Waals surface area contributed by atoms with Crippen LogP contribution in [0.2, 0.25) is 0 Å². The Morgan fingerprint density at radius 3 is 2.41 bits per heavy atom. The third-order valence-electron chi connectivity index (χ3n) is 7.33. The van der Waals surface area contributed by atoms with Gasteiger partial charge in [0.1, 0.15) is 34.4 Å². The fraction of sp³-hybridized carbons (Fsp3) is 0.258. The Bertz CT molecular complexity index is 1680. The number of nitrogens with one attached hydrogen (secondary N) is 1. The molecule has 1 saturated heterocycles. The van der Waals surface area contributed by atoms with Crippen molar-refractivity contribution in [2.24, 2.45) is 5.92 Å². The monoisotopic (exact) mass is 623 g/mol. The molecule has 2 heterocycles. The minimum absolute atomic E-state index is 0.0941. The van der Waals surface area contributed by atoms with Crippen molar-refractivity contribution in [1.82, 2.24) is 14.9 Å². The maximum absolute atomic E-state index is 14.2. The zero-order valence-electron chi connectivity index (χ0n) is 23.9. The highest BCUT2D eigenvalue weighted by molar-refractivity contribution is 7.92. The number of aromatic nitrogens is 2. The molecule has 0 bridgehead atoms. The first kappa shape index (κ1) is 30.8. The lowest BCUT2D eigenvalue weighted by Crippen LogP contribution is -2.31. The molecule has 10 nitrogen and oxygen atoms in total. The first-order chi connectivity index (χ1) is 21.2. The summed E-state index contributed by atoms with van der Waals surface area (Å²) in [7, 11) is -2.54. The van der Waals surface area contributed by atoms with Gasteiger partial charge < -0.3 is 19.8 Å². The quantitative estimate of drug-likeness (QED) is 0.160. The summed E-state index contributed by atoms with van der Waals surface area (Å²) in [5.74, 6) is -0.301.